The average molecular weight is 264 g/mol. The van der Waals surface area contributed by atoms with Gasteiger partial charge < -0.3 is 15.0 Å². The molecule has 0 amide bonds. The summed E-state index contributed by atoms with van der Waals surface area (Å²) in [6, 6.07) is 0. The van der Waals surface area contributed by atoms with Gasteiger partial charge in [-0.3, -0.25) is 0 Å². The normalized spacial score (nSPS) is 18.2. The Hall–Kier alpha value is -1.52. The maximum Gasteiger partial charge on any atom is 0.204 e. The van der Waals surface area contributed by atoms with Gasteiger partial charge in [-0.2, -0.15) is 0 Å². The molecule has 19 heavy (non-hydrogen) atoms. The molecule has 0 bridgehead atoms. The first-order valence-corrected chi connectivity index (χ1v) is 6.95. The third-order valence-electron chi connectivity index (χ3n) is 3.75. The molecule has 5 heteroatoms. The molecular formula is C14H24N4O. The summed E-state index contributed by atoms with van der Waals surface area (Å²) in [6.07, 6.45) is 3.96. The second-order valence-electron chi connectivity index (χ2n) is 5.76. The van der Waals surface area contributed by atoms with Crippen molar-refractivity contribution in [1.82, 2.24) is 9.97 Å². The van der Waals surface area contributed by atoms with Crippen molar-refractivity contribution < 1.29 is 4.74 Å². The second-order valence-corrected chi connectivity index (χ2v) is 5.76. The molecule has 1 aromatic rings. The number of hydrogen-bond donors (Lipinski definition) is 1. The monoisotopic (exact) mass is 264 g/mol. The van der Waals surface area contributed by atoms with Crippen LogP contribution in [-0.2, 0) is 0 Å². The number of hydrogen-bond acceptors (Lipinski definition) is 5. The molecule has 5 nitrogen and oxygen atoms in total. The van der Waals surface area contributed by atoms with Crippen molar-refractivity contribution in [2.24, 2.45) is 5.41 Å². The summed E-state index contributed by atoms with van der Waals surface area (Å²) in [6.45, 7) is 9.56. The van der Waals surface area contributed by atoms with Gasteiger partial charge in [0.15, 0.2) is 11.6 Å². The van der Waals surface area contributed by atoms with Crippen LogP contribution in [0.15, 0.2) is 6.33 Å². The number of methoxy groups -OCH3 is 1. The molecule has 1 saturated heterocycles. The Morgan fingerprint density at radius 1 is 1.32 bits per heavy atom. The summed E-state index contributed by atoms with van der Waals surface area (Å²) in [5.41, 5.74) is 0.432. The highest BCUT2D eigenvalue weighted by Crippen LogP contribution is 2.37. The number of nitrogens with zero attached hydrogens (tertiary/aromatic N) is 3. The first kappa shape index (κ1) is 13.9. The van der Waals surface area contributed by atoms with Gasteiger partial charge in [0, 0.05) is 19.6 Å². The Kier molecular flexibility index (Phi) is 4.12. The predicted molar refractivity (Wildman–Crippen MR) is 78.0 cm³/mol. The van der Waals surface area contributed by atoms with Crippen molar-refractivity contribution in [3.63, 3.8) is 0 Å². The van der Waals surface area contributed by atoms with Crippen molar-refractivity contribution in [3.8, 4) is 5.75 Å². The highest BCUT2D eigenvalue weighted by Gasteiger charge is 2.28. The molecule has 0 radical (unpaired) electrons. The molecule has 2 heterocycles. The van der Waals surface area contributed by atoms with Crippen LogP contribution in [0.5, 0.6) is 5.75 Å². The fourth-order valence-corrected chi connectivity index (χ4v) is 2.39. The largest absolute Gasteiger partial charge is 0.490 e. The lowest BCUT2D eigenvalue weighted by molar-refractivity contribution is 0.277. The molecule has 0 atom stereocenters. The van der Waals surface area contributed by atoms with E-state index in [0.717, 1.165) is 37.0 Å². The summed E-state index contributed by atoms with van der Waals surface area (Å²) < 4.78 is 5.51. The summed E-state index contributed by atoms with van der Waals surface area (Å²) in [5.74, 6) is 2.44. The molecule has 1 fully saturated rings. The number of rotatable bonds is 4. The van der Waals surface area contributed by atoms with E-state index in [1.165, 1.54) is 12.8 Å². The van der Waals surface area contributed by atoms with Crippen molar-refractivity contribution in [2.45, 2.75) is 33.6 Å². The average Bonchev–Trinajstić information content (AvgIpc) is 2.39. The van der Waals surface area contributed by atoms with Crippen LogP contribution in [0.2, 0.25) is 0 Å². The smallest absolute Gasteiger partial charge is 0.204 e. The van der Waals surface area contributed by atoms with Gasteiger partial charge in [-0.05, 0) is 25.2 Å². The van der Waals surface area contributed by atoms with E-state index in [1.807, 2.05) is 6.92 Å². The first-order chi connectivity index (χ1) is 9.07. The standard InChI is InChI=1S/C14H24N4O/c1-5-15-12-11(19-4)13(17-10-16-12)18-8-6-14(2,3)7-9-18/h10H,5-9H2,1-4H3,(H,15,16,17). The molecule has 1 aromatic heterocycles. The molecular weight excluding hydrogens is 240 g/mol. The number of piperidine rings is 1. The Morgan fingerprint density at radius 3 is 2.58 bits per heavy atom. The van der Waals surface area contributed by atoms with Gasteiger partial charge in [-0.25, -0.2) is 9.97 Å². The van der Waals surface area contributed by atoms with E-state index in [-0.39, 0.29) is 0 Å². The molecule has 0 aliphatic carbocycles. The molecule has 0 unspecified atom stereocenters. The Bertz CT molecular complexity index is 423. The van der Waals surface area contributed by atoms with Gasteiger partial charge >= 0.3 is 0 Å². The maximum atomic E-state index is 5.51. The van der Waals surface area contributed by atoms with Crippen molar-refractivity contribution in [1.29, 1.82) is 0 Å². The lowest BCUT2D eigenvalue weighted by Crippen LogP contribution is -2.38. The van der Waals surface area contributed by atoms with Gasteiger partial charge in [0.25, 0.3) is 0 Å². The van der Waals surface area contributed by atoms with Gasteiger partial charge in [0.05, 0.1) is 7.11 Å². The quantitative estimate of drug-likeness (QED) is 0.905. The zero-order chi connectivity index (χ0) is 13.9. The maximum absolute atomic E-state index is 5.51. The summed E-state index contributed by atoms with van der Waals surface area (Å²) in [7, 11) is 1.68. The molecule has 2 rings (SSSR count). The first-order valence-electron chi connectivity index (χ1n) is 6.95. The summed E-state index contributed by atoms with van der Waals surface area (Å²) >= 11 is 0. The van der Waals surface area contributed by atoms with E-state index in [1.54, 1.807) is 13.4 Å². The highest BCUT2D eigenvalue weighted by molar-refractivity contribution is 5.64. The summed E-state index contributed by atoms with van der Waals surface area (Å²) in [5, 5.41) is 3.22. The molecule has 1 aliphatic rings. The van der Waals surface area contributed by atoms with Crippen LogP contribution in [0.25, 0.3) is 0 Å². The van der Waals surface area contributed by atoms with Crippen molar-refractivity contribution in [2.75, 3.05) is 37.0 Å². The molecule has 0 aromatic carbocycles. The van der Waals surface area contributed by atoms with E-state index in [2.05, 4.69) is 34.0 Å². The van der Waals surface area contributed by atoms with E-state index < -0.39 is 0 Å². The highest BCUT2D eigenvalue weighted by atomic mass is 16.5. The molecule has 0 spiro atoms. The minimum atomic E-state index is 0.432. The number of anilines is 2. The predicted octanol–water partition coefficient (Wildman–Crippen LogP) is 2.54. The van der Waals surface area contributed by atoms with Gasteiger partial charge in [-0.15, -0.1) is 0 Å². The number of aromatic nitrogens is 2. The van der Waals surface area contributed by atoms with Gasteiger partial charge in [-0.1, -0.05) is 13.8 Å². The van der Waals surface area contributed by atoms with Crippen LogP contribution in [-0.4, -0.2) is 36.7 Å². The van der Waals surface area contributed by atoms with Crippen LogP contribution >= 0.6 is 0 Å². The Labute approximate surface area is 115 Å². The third kappa shape index (κ3) is 3.08. The van der Waals surface area contributed by atoms with Gasteiger partial charge in [0.1, 0.15) is 6.33 Å². The van der Waals surface area contributed by atoms with Crippen molar-refractivity contribution >= 4 is 11.6 Å². The zero-order valence-electron chi connectivity index (χ0n) is 12.4. The van der Waals surface area contributed by atoms with Crippen LogP contribution in [0.4, 0.5) is 11.6 Å². The second kappa shape index (κ2) is 5.63. The topological polar surface area (TPSA) is 50.3 Å². The fraction of sp³-hybridized carbons (Fsp3) is 0.714. The van der Waals surface area contributed by atoms with E-state index in [4.69, 9.17) is 4.74 Å². The minimum Gasteiger partial charge on any atom is -0.490 e. The van der Waals surface area contributed by atoms with Crippen LogP contribution < -0.4 is 15.0 Å². The number of nitrogens with one attached hydrogen (secondary N) is 1. The van der Waals surface area contributed by atoms with Crippen LogP contribution in [0.1, 0.15) is 33.6 Å². The Morgan fingerprint density at radius 2 is 2.00 bits per heavy atom. The van der Waals surface area contributed by atoms with Crippen molar-refractivity contribution in [3.05, 3.63) is 6.33 Å². The molecule has 1 N–H and O–H groups in total. The molecule has 106 valence electrons. The van der Waals surface area contributed by atoms with E-state index in [0.29, 0.717) is 5.41 Å². The number of ether oxygens (including phenoxy) is 1. The fourth-order valence-electron chi connectivity index (χ4n) is 2.39. The van der Waals surface area contributed by atoms with Gasteiger partial charge in [0.2, 0.25) is 5.75 Å². The third-order valence-corrected chi connectivity index (χ3v) is 3.75. The Balaban J connectivity index is 2.22. The minimum absolute atomic E-state index is 0.432. The van der Waals surface area contributed by atoms with Crippen LogP contribution in [0, 0.1) is 5.41 Å². The molecule has 1 aliphatic heterocycles. The summed E-state index contributed by atoms with van der Waals surface area (Å²) in [4.78, 5) is 11.0. The lowest BCUT2D eigenvalue weighted by Gasteiger charge is -2.37. The van der Waals surface area contributed by atoms with E-state index >= 15 is 0 Å². The zero-order valence-corrected chi connectivity index (χ0v) is 12.4. The molecule has 0 saturated carbocycles. The van der Waals surface area contributed by atoms with Crippen LogP contribution in [0.3, 0.4) is 0 Å². The van der Waals surface area contributed by atoms with E-state index in [9.17, 15) is 0 Å². The lowest BCUT2D eigenvalue weighted by atomic mass is 9.83. The SMILES string of the molecule is CCNc1ncnc(N2CCC(C)(C)CC2)c1OC.